The molecule has 0 saturated carbocycles. The van der Waals surface area contributed by atoms with E-state index >= 15 is 0 Å². The van der Waals surface area contributed by atoms with E-state index in [1.165, 1.54) is 11.3 Å². The summed E-state index contributed by atoms with van der Waals surface area (Å²) in [5.41, 5.74) is 0.969. The predicted octanol–water partition coefficient (Wildman–Crippen LogP) is 3.85. The molecule has 0 aliphatic carbocycles. The van der Waals surface area contributed by atoms with Crippen molar-refractivity contribution in [1.29, 1.82) is 0 Å². The average molecular weight is 503 g/mol. The molecule has 2 aromatic carbocycles. The van der Waals surface area contributed by atoms with Crippen molar-refractivity contribution in [2.24, 2.45) is 0 Å². The minimum absolute atomic E-state index is 0.139. The van der Waals surface area contributed by atoms with Crippen molar-refractivity contribution < 1.29 is 14.3 Å². The van der Waals surface area contributed by atoms with Gasteiger partial charge in [-0.3, -0.25) is 9.59 Å². The molecule has 0 spiro atoms. The lowest BCUT2D eigenvalue weighted by Gasteiger charge is -2.32. The highest BCUT2D eigenvalue weighted by atomic mass is 32.1. The number of amides is 2. The van der Waals surface area contributed by atoms with E-state index in [0.29, 0.717) is 28.6 Å². The third-order valence-electron chi connectivity index (χ3n) is 6.03. The minimum atomic E-state index is -0.316. The van der Waals surface area contributed by atoms with Gasteiger partial charge in [0.05, 0.1) is 0 Å². The molecule has 0 radical (unpaired) electrons. The maximum atomic E-state index is 12.8. The lowest BCUT2D eigenvalue weighted by Crippen LogP contribution is -2.44. The lowest BCUT2D eigenvalue weighted by atomic mass is 10.0. The second-order valence-electron chi connectivity index (χ2n) is 8.51. The Labute approximate surface area is 212 Å². The van der Waals surface area contributed by atoms with E-state index in [-0.39, 0.29) is 11.8 Å². The molecule has 5 rings (SSSR count). The number of benzene rings is 2. The van der Waals surface area contributed by atoms with Gasteiger partial charge >= 0.3 is 0 Å². The van der Waals surface area contributed by atoms with E-state index in [1.54, 1.807) is 36.8 Å². The molecule has 1 fully saturated rings. The SMILES string of the molecule is CNC(=O)c1cccc2cc(Oc3ccnc(NC(=O)c4csc(N5CCN(C)CC5)n4)c3)ccc12. The maximum Gasteiger partial charge on any atom is 0.276 e. The van der Waals surface area contributed by atoms with Gasteiger partial charge in [0.15, 0.2) is 5.13 Å². The van der Waals surface area contributed by atoms with E-state index in [9.17, 15) is 9.59 Å². The summed E-state index contributed by atoms with van der Waals surface area (Å²) in [6, 6.07) is 14.5. The molecule has 3 heterocycles. The van der Waals surface area contributed by atoms with E-state index in [1.807, 2.05) is 30.3 Å². The molecule has 1 aliphatic rings. The number of carbonyl (C=O) groups is 2. The highest BCUT2D eigenvalue weighted by Gasteiger charge is 2.19. The molecule has 0 unspecified atom stereocenters. The fourth-order valence-corrected chi connectivity index (χ4v) is 4.89. The number of thiazole rings is 1. The largest absolute Gasteiger partial charge is 0.457 e. The summed E-state index contributed by atoms with van der Waals surface area (Å²) >= 11 is 1.47. The number of piperazine rings is 1. The van der Waals surface area contributed by atoms with Crippen LogP contribution >= 0.6 is 11.3 Å². The first-order valence-corrected chi connectivity index (χ1v) is 12.5. The average Bonchev–Trinajstić information content (AvgIpc) is 3.39. The molecule has 184 valence electrons. The number of nitrogens with one attached hydrogen (secondary N) is 2. The van der Waals surface area contributed by atoms with Crippen LogP contribution in [0.25, 0.3) is 10.8 Å². The topological polar surface area (TPSA) is 99.7 Å². The van der Waals surface area contributed by atoms with E-state index in [2.05, 4.69) is 37.4 Å². The highest BCUT2D eigenvalue weighted by molar-refractivity contribution is 7.14. The monoisotopic (exact) mass is 502 g/mol. The molecule has 0 atom stereocenters. The number of fused-ring (bicyclic) bond motifs is 1. The van der Waals surface area contributed by atoms with Gasteiger partial charge in [-0.1, -0.05) is 12.1 Å². The maximum absolute atomic E-state index is 12.8. The molecule has 2 N–H and O–H groups in total. The van der Waals surface area contributed by atoms with Gasteiger partial charge in [-0.15, -0.1) is 11.3 Å². The van der Waals surface area contributed by atoms with Crippen LogP contribution in [0.2, 0.25) is 0 Å². The summed E-state index contributed by atoms with van der Waals surface area (Å²) in [5, 5.41) is 9.82. The molecular formula is C26H26N6O3S. The number of hydrogen-bond acceptors (Lipinski definition) is 8. The zero-order valence-electron chi connectivity index (χ0n) is 20.0. The van der Waals surface area contributed by atoms with Crippen LogP contribution in [0, 0.1) is 0 Å². The molecule has 4 aromatic rings. The number of nitrogens with zero attached hydrogens (tertiary/aromatic N) is 4. The van der Waals surface area contributed by atoms with Crippen molar-refractivity contribution in [3.05, 3.63) is 71.4 Å². The first-order valence-electron chi connectivity index (χ1n) is 11.6. The van der Waals surface area contributed by atoms with Crippen LogP contribution in [0.4, 0.5) is 10.9 Å². The van der Waals surface area contributed by atoms with Crippen LogP contribution in [-0.2, 0) is 0 Å². The Morgan fingerprint density at radius 1 is 1.00 bits per heavy atom. The van der Waals surface area contributed by atoms with Crippen LogP contribution in [0.3, 0.4) is 0 Å². The molecule has 1 aliphatic heterocycles. The van der Waals surface area contributed by atoms with E-state index in [0.717, 1.165) is 42.1 Å². The summed E-state index contributed by atoms with van der Waals surface area (Å²) in [7, 11) is 3.71. The van der Waals surface area contributed by atoms with Gasteiger partial charge < -0.3 is 25.2 Å². The van der Waals surface area contributed by atoms with Gasteiger partial charge in [-0.2, -0.15) is 0 Å². The number of rotatable bonds is 6. The fourth-order valence-electron chi connectivity index (χ4n) is 4.03. The van der Waals surface area contributed by atoms with Crippen molar-refractivity contribution >= 4 is 44.9 Å². The van der Waals surface area contributed by atoms with E-state index in [4.69, 9.17) is 4.74 Å². The third kappa shape index (κ3) is 5.14. The third-order valence-corrected chi connectivity index (χ3v) is 6.93. The normalized spacial score (nSPS) is 14.0. The lowest BCUT2D eigenvalue weighted by molar-refractivity contribution is 0.0963. The molecule has 10 heteroatoms. The number of pyridine rings is 1. The van der Waals surface area contributed by atoms with Crippen LogP contribution in [-0.4, -0.2) is 67.0 Å². The summed E-state index contributed by atoms with van der Waals surface area (Å²) < 4.78 is 6.02. The van der Waals surface area contributed by atoms with Crippen molar-refractivity contribution in [1.82, 2.24) is 20.2 Å². The Balaban J connectivity index is 1.27. The van der Waals surface area contributed by atoms with Gasteiger partial charge in [0.2, 0.25) is 0 Å². The number of aromatic nitrogens is 2. The second-order valence-corrected chi connectivity index (χ2v) is 9.34. The Morgan fingerprint density at radius 3 is 2.61 bits per heavy atom. The zero-order valence-corrected chi connectivity index (χ0v) is 20.8. The Hall–Kier alpha value is -4.02. The van der Waals surface area contributed by atoms with Gasteiger partial charge in [-0.05, 0) is 48.2 Å². The number of anilines is 2. The smallest absolute Gasteiger partial charge is 0.276 e. The van der Waals surface area contributed by atoms with Crippen LogP contribution < -0.4 is 20.3 Å². The predicted molar refractivity (Wildman–Crippen MR) is 141 cm³/mol. The number of hydrogen-bond donors (Lipinski definition) is 2. The molecule has 2 aromatic heterocycles. The number of likely N-dealkylation sites (N-methyl/N-ethyl adjacent to an activating group) is 1. The van der Waals surface area contributed by atoms with Crippen molar-refractivity contribution in [2.75, 3.05) is 50.5 Å². The zero-order chi connectivity index (χ0) is 25.1. The van der Waals surface area contributed by atoms with Crippen LogP contribution in [0.15, 0.2) is 60.1 Å². The Kier molecular flexibility index (Phi) is 6.79. The van der Waals surface area contributed by atoms with Crippen LogP contribution in [0.1, 0.15) is 20.8 Å². The summed E-state index contributed by atoms with van der Waals surface area (Å²) in [5.74, 6) is 1.05. The van der Waals surface area contributed by atoms with Crippen molar-refractivity contribution in [3.63, 3.8) is 0 Å². The summed E-state index contributed by atoms with van der Waals surface area (Å²) in [6.45, 7) is 3.75. The number of ether oxygens (including phenoxy) is 1. The van der Waals surface area contributed by atoms with Gasteiger partial charge in [0.25, 0.3) is 11.8 Å². The first-order chi connectivity index (χ1) is 17.5. The summed E-state index contributed by atoms with van der Waals surface area (Å²) in [6.07, 6.45) is 1.58. The Bertz CT molecular complexity index is 1410. The van der Waals surface area contributed by atoms with Crippen molar-refractivity contribution in [3.8, 4) is 11.5 Å². The molecule has 0 bridgehead atoms. The second kappa shape index (κ2) is 10.3. The number of carbonyl (C=O) groups excluding carboxylic acids is 2. The molecule has 9 nitrogen and oxygen atoms in total. The van der Waals surface area contributed by atoms with Gasteiger partial charge in [0.1, 0.15) is 23.0 Å². The molecule has 1 saturated heterocycles. The van der Waals surface area contributed by atoms with Gasteiger partial charge in [0, 0.05) is 56.4 Å². The van der Waals surface area contributed by atoms with Crippen molar-refractivity contribution in [2.45, 2.75) is 0 Å². The molecular weight excluding hydrogens is 476 g/mol. The highest BCUT2D eigenvalue weighted by Crippen LogP contribution is 2.29. The first kappa shape index (κ1) is 23.7. The minimum Gasteiger partial charge on any atom is -0.457 e. The van der Waals surface area contributed by atoms with E-state index < -0.39 is 0 Å². The van der Waals surface area contributed by atoms with Gasteiger partial charge in [-0.25, -0.2) is 9.97 Å². The molecule has 36 heavy (non-hydrogen) atoms. The standard InChI is InChI=1S/C26H26N6O3S/c1-27-24(33)21-5-3-4-17-14-18(6-7-20(17)21)35-19-8-9-28-23(15-19)30-25(34)22-16-36-26(29-22)32-12-10-31(2)11-13-32/h3-9,14-16H,10-13H2,1-2H3,(H,27,33)(H,28,30,34). The summed E-state index contributed by atoms with van der Waals surface area (Å²) in [4.78, 5) is 38.2. The molecule has 2 amide bonds. The quantitative estimate of drug-likeness (QED) is 0.413. The fraction of sp³-hybridized carbons (Fsp3) is 0.231. The Morgan fingerprint density at radius 2 is 1.81 bits per heavy atom. The van der Waals surface area contributed by atoms with Crippen LogP contribution in [0.5, 0.6) is 11.5 Å².